The molecular formula is C17H11Cl2FN2. The molecule has 0 spiro atoms. The van der Waals surface area contributed by atoms with E-state index in [0.717, 1.165) is 5.56 Å². The van der Waals surface area contributed by atoms with Crippen LogP contribution in [0.5, 0.6) is 0 Å². The molecule has 0 amide bonds. The maximum atomic E-state index is 13.3. The van der Waals surface area contributed by atoms with E-state index in [1.54, 1.807) is 18.3 Å². The SMILES string of the molecule is Fc1ccc(C(Cl)(c2ccccc2)c2cncnc2Cl)cc1. The second-order valence-corrected chi connectivity index (χ2v) is 5.68. The minimum Gasteiger partial charge on any atom is -0.244 e. The van der Waals surface area contributed by atoms with Gasteiger partial charge in [0.1, 0.15) is 22.2 Å². The van der Waals surface area contributed by atoms with Crippen molar-refractivity contribution in [3.8, 4) is 0 Å². The van der Waals surface area contributed by atoms with Crippen molar-refractivity contribution in [2.45, 2.75) is 4.87 Å². The number of halogens is 3. The van der Waals surface area contributed by atoms with E-state index in [4.69, 9.17) is 23.2 Å². The first-order valence-corrected chi connectivity index (χ1v) is 7.34. The molecule has 0 aliphatic heterocycles. The van der Waals surface area contributed by atoms with Crippen LogP contribution in [0.2, 0.25) is 5.15 Å². The summed E-state index contributed by atoms with van der Waals surface area (Å²) in [5.41, 5.74) is 2.05. The van der Waals surface area contributed by atoms with Gasteiger partial charge in [0.25, 0.3) is 0 Å². The minimum absolute atomic E-state index is 0.262. The van der Waals surface area contributed by atoms with Crippen molar-refractivity contribution in [3.05, 3.63) is 94.8 Å². The number of hydrogen-bond acceptors (Lipinski definition) is 2. The van der Waals surface area contributed by atoms with Gasteiger partial charge in [-0.3, -0.25) is 0 Å². The van der Waals surface area contributed by atoms with Crippen LogP contribution in [0.1, 0.15) is 16.7 Å². The van der Waals surface area contributed by atoms with Gasteiger partial charge in [-0.25, -0.2) is 14.4 Å². The monoisotopic (exact) mass is 332 g/mol. The first-order chi connectivity index (χ1) is 10.6. The second-order valence-electron chi connectivity index (χ2n) is 4.76. The Balaban J connectivity index is 2.27. The van der Waals surface area contributed by atoms with Crippen LogP contribution in [-0.4, -0.2) is 9.97 Å². The summed E-state index contributed by atoms with van der Waals surface area (Å²) in [6.07, 6.45) is 2.94. The van der Waals surface area contributed by atoms with E-state index in [0.29, 0.717) is 11.1 Å². The third-order valence-corrected chi connectivity index (χ3v) is 4.39. The summed E-state index contributed by atoms with van der Waals surface area (Å²) in [5.74, 6) is -0.328. The Morgan fingerprint density at radius 1 is 0.909 bits per heavy atom. The lowest BCUT2D eigenvalue weighted by Gasteiger charge is -2.29. The van der Waals surface area contributed by atoms with Gasteiger partial charge in [0, 0.05) is 11.8 Å². The van der Waals surface area contributed by atoms with Gasteiger partial charge < -0.3 is 0 Å². The standard InChI is InChI=1S/C17H11Cl2FN2/c18-16-15(10-21-11-22-16)17(19,12-4-2-1-3-5-12)13-6-8-14(20)9-7-13/h1-11H. The van der Waals surface area contributed by atoms with Crippen molar-refractivity contribution >= 4 is 23.2 Å². The highest BCUT2D eigenvalue weighted by Crippen LogP contribution is 2.44. The van der Waals surface area contributed by atoms with E-state index in [1.165, 1.54) is 18.5 Å². The average molecular weight is 333 g/mol. The third-order valence-electron chi connectivity index (χ3n) is 3.45. The summed E-state index contributed by atoms with van der Waals surface area (Å²) < 4.78 is 13.3. The summed E-state index contributed by atoms with van der Waals surface area (Å²) in [6.45, 7) is 0. The number of nitrogens with zero attached hydrogens (tertiary/aromatic N) is 2. The molecule has 0 saturated heterocycles. The Bertz CT molecular complexity index is 778. The summed E-state index contributed by atoms with van der Waals surface area (Å²) in [7, 11) is 0. The van der Waals surface area contributed by atoms with Gasteiger partial charge in [-0.15, -0.1) is 11.6 Å². The molecule has 0 fully saturated rings. The predicted octanol–water partition coefficient (Wildman–Crippen LogP) is 4.80. The molecule has 3 rings (SSSR count). The lowest BCUT2D eigenvalue weighted by atomic mass is 9.85. The molecule has 2 nitrogen and oxygen atoms in total. The van der Waals surface area contributed by atoms with Gasteiger partial charge in [-0.1, -0.05) is 54.1 Å². The van der Waals surface area contributed by atoms with Crippen molar-refractivity contribution in [1.82, 2.24) is 9.97 Å². The molecule has 1 heterocycles. The van der Waals surface area contributed by atoms with E-state index in [-0.39, 0.29) is 11.0 Å². The molecule has 1 aromatic heterocycles. The molecular weight excluding hydrogens is 322 g/mol. The van der Waals surface area contributed by atoms with Crippen molar-refractivity contribution in [2.24, 2.45) is 0 Å². The highest BCUT2D eigenvalue weighted by atomic mass is 35.5. The molecule has 110 valence electrons. The fourth-order valence-electron chi connectivity index (χ4n) is 2.37. The van der Waals surface area contributed by atoms with E-state index >= 15 is 0 Å². The molecule has 0 aliphatic carbocycles. The van der Waals surface area contributed by atoms with Gasteiger partial charge in [0.15, 0.2) is 0 Å². The summed E-state index contributed by atoms with van der Waals surface area (Å²) in [4.78, 5) is 6.95. The maximum absolute atomic E-state index is 13.3. The van der Waals surface area contributed by atoms with Gasteiger partial charge in [0.05, 0.1) is 0 Å². The molecule has 1 unspecified atom stereocenters. The lowest BCUT2D eigenvalue weighted by molar-refractivity contribution is 0.626. The van der Waals surface area contributed by atoms with Crippen LogP contribution in [0.15, 0.2) is 67.1 Å². The van der Waals surface area contributed by atoms with E-state index in [9.17, 15) is 4.39 Å². The van der Waals surface area contributed by atoms with E-state index in [1.807, 2.05) is 30.3 Å². The van der Waals surface area contributed by atoms with Crippen LogP contribution in [-0.2, 0) is 4.87 Å². The highest BCUT2D eigenvalue weighted by Gasteiger charge is 2.36. The van der Waals surface area contributed by atoms with Gasteiger partial charge in [-0.2, -0.15) is 0 Å². The number of aromatic nitrogens is 2. The zero-order valence-electron chi connectivity index (χ0n) is 11.4. The molecule has 3 aromatic rings. The molecule has 2 aromatic carbocycles. The quantitative estimate of drug-likeness (QED) is 0.508. The van der Waals surface area contributed by atoms with Crippen LogP contribution in [0.25, 0.3) is 0 Å². The first-order valence-electron chi connectivity index (χ1n) is 6.59. The zero-order chi connectivity index (χ0) is 15.6. The number of benzene rings is 2. The summed E-state index contributed by atoms with van der Waals surface area (Å²) >= 11 is 13.2. The first kappa shape index (κ1) is 14.9. The Labute approximate surface area is 137 Å². The van der Waals surface area contributed by atoms with Crippen LogP contribution < -0.4 is 0 Å². The smallest absolute Gasteiger partial charge is 0.138 e. The van der Waals surface area contributed by atoms with Crippen molar-refractivity contribution < 1.29 is 4.39 Å². The molecule has 0 radical (unpaired) electrons. The lowest BCUT2D eigenvalue weighted by Crippen LogP contribution is -2.23. The van der Waals surface area contributed by atoms with Crippen molar-refractivity contribution in [3.63, 3.8) is 0 Å². The number of alkyl halides is 1. The predicted molar refractivity (Wildman–Crippen MR) is 85.6 cm³/mol. The fourth-order valence-corrected chi connectivity index (χ4v) is 3.04. The molecule has 0 aliphatic rings. The maximum Gasteiger partial charge on any atom is 0.138 e. The molecule has 0 saturated carbocycles. The van der Waals surface area contributed by atoms with Gasteiger partial charge in [-0.05, 0) is 23.3 Å². The average Bonchev–Trinajstić information content (AvgIpc) is 2.56. The van der Waals surface area contributed by atoms with Crippen molar-refractivity contribution in [2.75, 3.05) is 0 Å². The molecule has 0 bridgehead atoms. The minimum atomic E-state index is -1.09. The summed E-state index contributed by atoms with van der Waals surface area (Å²) in [6, 6.07) is 15.5. The van der Waals surface area contributed by atoms with E-state index < -0.39 is 4.87 Å². The normalized spacial score (nSPS) is 13.6. The Morgan fingerprint density at radius 3 is 2.18 bits per heavy atom. The Kier molecular flexibility index (Phi) is 4.10. The summed E-state index contributed by atoms with van der Waals surface area (Å²) in [5, 5.41) is 0.262. The van der Waals surface area contributed by atoms with Crippen LogP contribution >= 0.6 is 23.2 Å². The van der Waals surface area contributed by atoms with E-state index in [2.05, 4.69) is 9.97 Å². The Hall–Kier alpha value is -1.97. The van der Waals surface area contributed by atoms with Crippen LogP contribution in [0, 0.1) is 5.82 Å². The molecule has 5 heteroatoms. The largest absolute Gasteiger partial charge is 0.244 e. The zero-order valence-corrected chi connectivity index (χ0v) is 12.9. The third kappa shape index (κ3) is 2.58. The molecule has 0 N–H and O–H groups in total. The van der Waals surface area contributed by atoms with Crippen molar-refractivity contribution in [1.29, 1.82) is 0 Å². The van der Waals surface area contributed by atoms with Gasteiger partial charge >= 0.3 is 0 Å². The van der Waals surface area contributed by atoms with Crippen LogP contribution in [0.4, 0.5) is 4.39 Å². The molecule has 22 heavy (non-hydrogen) atoms. The molecule has 1 atom stereocenters. The highest BCUT2D eigenvalue weighted by molar-refractivity contribution is 6.34. The number of rotatable bonds is 3. The number of hydrogen-bond donors (Lipinski definition) is 0. The topological polar surface area (TPSA) is 25.8 Å². The Morgan fingerprint density at radius 2 is 1.55 bits per heavy atom. The second kappa shape index (κ2) is 6.03. The fraction of sp³-hybridized carbons (Fsp3) is 0.0588. The van der Waals surface area contributed by atoms with Gasteiger partial charge in [0.2, 0.25) is 0 Å². The van der Waals surface area contributed by atoms with Crippen LogP contribution in [0.3, 0.4) is 0 Å².